The number of imide groups is 1. The molecule has 0 aliphatic carbocycles. The van der Waals surface area contributed by atoms with Crippen LogP contribution in [-0.4, -0.2) is 27.4 Å². The Morgan fingerprint density at radius 2 is 1.77 bits per heavy atom. The number of aromatic nitrogens is 2. The van der Waals surface area contributed by atoms with Gasteiger partial charge >= 0.3 is 6.03 Å². The van der Waals surface area contributed by atoms with Gasteiger partial charge in [0.1, 0.15) is 0 Å². The third-order valence-corrected chi connectivity index (χ3v) is 6.04. The van der Waals surface area contributed by atoms with E-state index in [0.717, 1.165) is 5.69 Å². The summed E-state index contributed by atoms with van der Waals surface area (Å²) in [5.74, 6) is 0.0582. The summed E-state index contributed by atoms with van der Waals surface area (Å²) < 4.78 is 0.643. The lowest BCUT2D eigenvalue weighted by Crippen LogP contribution is -2.42. The minimum atomic E-state index is -0.856. The van der Waals surface area contributed by atoms with Gasteiger partial charge in [0.2, 0.25) is 11.0 Å². The highest BCUT2D eigenvalue weighted by Gasteiger charge is 2.26. The molecule has 0 spiro atoms. The molecule has 0 aliphatic rings. The molecule has 2 aromatic rings. The van der Waals surface area contributed by atoms with Crippen LogP contribution in [0.3, 0.4) is 0 Å². The van der Waals surface area contributed by atoms with Crippen molar-refractivity contribution in [2.45, 2.75) is 43.2 Å². The monoisotopic (exact) mass is 393 g/mol. The zero-order valence-electron chi connectivity index (χ0n) is 15.1. The Hall–Kier alpha value is -2.13. The SMILES string of the molecule is CC(C)c1ccc(Nc2nnc(S[C@H](C(=O)NC(N)=O)C(C)C)s2)cc1. The molecular formula is C17H23N5O2S2. The zero-order chi connectivity index (χ0) is 19.3. The van der Waals surface area contributed by atoms with Crippen LogP contribution in [0.4, 0.5) is 15.6 Å². The first-order valence-corrected chi connectivity index (χ1v) is 9.93. The fourth-order valence-corrected chi connectivity index (χ4v) is 4.16. The number of urea groups is 1. The fourth-order valence-electron chi connectivity index (χ4n) is 2.18. The average molecular weight is 394 g/mol. The first-order chi connectivity index (χ1) is 12.3. The summed E-state index contributed by atoms with van der Waals surface area (Å²) in [6.45, 7) is 8.09. The number of rotatable bonds is 7. The van der Waals surface area contributed by atoms with Gasteiger partial charge in [0, 0.05) is 5.69 Å². The van der Waals surface area contributed by atoms with Crippen LogP contribution < -0.4 is 16.4 Å². The Morgan fingerprint density at radius 3 is 2.31 bits per heavy atom. The Balaban J connectivity index is 2.03. The first-order valence-electron chi connectivity index (χ1n) is 8.23. The van der Waals surface area contributed by atoms with Crippen LogP contribution in [-0.2, 0) is 4.79 Å². The lowest BCUT2D eigenvalue weighted by molar-refractivity contribution is -0.120. The van der Waals surface area contributed by atoms with E-state index in [4.69, 9.17) is 5.73 Å². The van der Waals surface area contributed by atoms with Crippen LogP contribution in [0.25, 0.3) is 0 Å². The largest absolute Gasteiger partial charge is 0.351 e. The molecule has 1 aromatic heterocycles. The van der Waals surface area contributed by atoms with Gasteiger partial charge in [0.25, 0.3) is 0 Å². The van der Waals surface area contributed by atoms with Gasteiger partial charge in [-0.15, -0.1) is 10.2 Å². The molecule has 3 amide bonds. The number of anilines is 2. The second-order valence-corrected chi connectivity index (χ2v) is 8.78. The second-order valence-electron chi connectivity index (χ2n) is 6.41. The van der Waals surface area contributed by atoms with E-state index in [1.807, 2.05) is 26.0 Å². The summed E-state index contributed by atoms with van der Waals surface area (Å²) in [6.07, 6.45) is 0. The van der Waals surface area contributed by atoms with Crippen LogP contribution >= 0.6 is 23.1 Å². The lowest BCUT2D eigenvalue weighted by atomic mass is 10.0. The fraction of sp³-hybridized carbons (Fsp3) is 0.412. The molecule has 140 valence electrons. The smallest absolute Gasteiger partial charge is 0.318 e. The van der Waals surface area contributed by atoms with E-state index in [1.165, 1.54) is 28.7 Å². The van der Waals surface area contributed by atoms with Crippen molar-refractivity contribution in [2.24, 2.45) is 11.7 Å². The molecular weight excluding hydrogens is 370 g/mol. The number of nitrogens with zero attached hydrogens (tertiary/aromatic N) is 2. The number of nitrogens with two attached hydrogens (primary N) is 1. The highest BCUT2D eigenvalue weighted by Crippen LogP contribution is 2.33. The Kier molecular flexibility index (Phi) is 6.98. The molecule has 26 heavy (non-hydrogen) atoms. The van der Waals surface area contributed by atoms with Gasteiger partial charge in [-0.2, -0.15) is 0 Å². The molecule has 0 bridgehead atoms. The van der Waals surface area contributed by atoms with Crippen molar-refractivity contribution in [3.63, 3.8) is 0 Å². The van der Waals surface area contributed by atoms with Gasteiger partial charge < -0.3 is 11.1 Å². The summed E-state index contributed by atoms with van der Waals surface area (Å²) >= 11 is 2.62. The van der Waals surface area contributed by atoms with E-state index in [1.54, 1.807) is 0 Å². The third-order valence-electron chi connectivity index (χ3n) is 3.57. The maximum Gasteiger partial charge on any atom is 0.318 e. The van der Waals surface area contributed by atoms with Crippen molar-refractivity contribution in [1.29, 1.82) is 0 Å². The summed E-state index contributed by atoms with van der Waals surface area (Å²) in [4.78, 5) is 23.0. The standard InChI is InChI=1S/C17H23N5O2S2/c1-9(2)11-5-7-12(8-6-11)19-16-21-22-17(26-16)25-13(10(3)4)14(23)20-15(18)24/h5-10,13H,1-4H3,(H,19,21)(H3,18,20,23,24)/t13-/m0/s1. The predicted molar refractivity (Wildman–Crippen MR) is 106 cm³/mol. The molecule has 2 rings (SSSR count). The van der Waals surface area contributed by atoms with Crippen LogP contribution in [0.15, 0.2) is 28.6 Å². The molecule has 9 heteroatoms. The topological polar surface area (TPSA) is 110 Å². The highest BCUT2D eigenvalue weighted by atomic mass is 32.2. The number of carbonyl (C=O) groups excluding carboxylic acids is 2. The number of benzene rings is 1. The number of hydrogen-bond acceptors (Lipinski definition) is 7. The first kappa shape index (κ1) is 20.2. The van der Waals surface area contributed by atoms with E-state index < -0.39 is 17.2 Å². The van der Waals surface area contributed by atoms with Crippen LogP contribution in [0.5, 0.6) is 0 Å². The van der Waals surface area contributed by atoms with E-state index >= 15 is 0 Å². The van der Waals surface area contributed by atoms with E-state index in [2.05, 4.69) is 46.8 Å². The van der Waals surface area contributed by atoms with Crippen molar-refractivity contribution in [2.75, 3.05) is 5.32 Å². The minimum Gasteiger partial charge on any atom is -0.351 e. The molecule has 1 atom stereocenters. The molecule has 1 aromatic carbocycles. The molecule has 7 nitrogen and oxygen atoms in total. The van der Waals surface area contributed by atoms with Crippen molar-refractivity contribution in [3.05, 3.63) is 29.8 Å². The number of carbonyl (C=O) groups is 2. The van der Waals surface area contributed by atoms with Gasteiger partial charge in [0.05, 0.1) is 5.25 Å². The molecule has 4 N–H and O–H groups in total. The van der Waals surface area contributed by atoms with Crippen molar-refractivity contribution < 1.29 is 9.59 Å². The maximum atomic E-state index is 12.1. The summed E-state index contributed by atoms with van der Waals surface area (Å²) in [5.41, 5.74) is 7.22. The van der Waals surface area contributed by atoms with Crippen LogP contribution in [0.2, 0.25) is 0 Å². The van der Waals surface area contributed by atoms with Gasteiger partial charge in [-0.3, -0.25) is 10.1 Å². The molecule has 0 unspecified atom stereocenters. The van der Waals surface area contributed by atoms with Gasteiger partial charge in [-0.25, -0.2) is 4.79 Å². The second kappa shape index (κ2) is 9.00. The summed E-state index contributed by atoms with van der Waals surface area (Å²) in [7, 11) is 0. The minimum absolute atomic E-state index is 0.00300. The molecule has 0 saturated heterocycles. The molecule has 0 radical (unpaired) electrons. The van der Waals surface area contributed by atoms with E-state index in [0.29, 0.717) is 15.4 Å². The van der Waals surface area contributed by atoms with Crippen molar-refractivity contribution in [1.82, 2.24) is 15.5 Å². The van der Waals surface area contributed by atoms with Crippen molar-refractivity contribution in [3.8, 4) is 0 Å². The van der Waals surface area contributed by atoms with Gasteiger partial charge in [-0.05, 0) is 29.5 Å². The van der Waals surface area contributed by atoms with Crippen molar-refractivity contribution >= 4 is 45.9 Å². The molecule has 1 heterocycles. The summed E-state index contributed by atoms with van der Waals surface area (Å²) in [6, 6.07) is 7.30. The lowest BCUT2D eigenvalue weighted by Gasteiger charge is -2.16. The normalized spacial score (nSPS) is 12.2. The quantitative estimate of drug-likeness (QED) is 0.619. The Bertz CT molecular complexity index is 759. The third kappa shape index (κ3) is 5.70. The number of amides is 3. The number of hydrogen-bond donors (Lipinski definition) is 3. The number of primary amides is 1. The zero-order valence-corrected chi connectivity index (χ0v) is 16.8. The van der Waals surface area contributed by atoms with Gasteiger partial charge in [-0.1, -0.05) is 62.9 Å². The Morgan fingerprint density at radius 1 is 1.12 bits per heavy atom. The van der Waals surface area contributed by atoms with E-state index in [-0.39, 0.29) is 5.92 Å². The Labute approximate surface area is 161 Å². The molecule has 0 fully saturated rings. The predicted octanol–water partition coefficient (Wildman–Crippen LogP) is 3.72. The number of nitrogens with one attached hydrogen (secondary N) is 2. The molecule has 0 saturated carbocycles. The molecule has 0 aliphatic heterocycles. The van der Waals surface area contributed by atoms with Gasteiger partial charge in [0.15, 0.2) is 4.34 Å². The number of thioether (sulfide) groups is 1. The van der Waals surface area contributed by atoms with Crippen LogP contribution in [0.1, 0.15) is 39.2 Å². The maximum absolute atomic E-state index is 12.1. The van der Waals surface area contributed by atoms with Crippen LogP contribution in [0, 0.1) is 5.92 Å². The average Bonchev–Trinajstić information content (AvgIpc) is 2.99. The highest BCUT2D eigenvalue weighted by molar-refractivity contribution is 8.02. The summed E-state index contributed by atoms with van der Waals surface area (Å²) in [5, 5.41) is 13.7. The van der Waals surface area contributed by atoms with E-state index in [9.17, 15) is 9.59 Å².